The van der Waals surface area contributed by atoms with Gasteiger partial charge in [0.25, 0.3) is 0 Å². The maximum Gasteiger partial charge on any atom is 0.408 e. The quantitative estimate of drug-likeness (QED) is 0.891. The Labute approximate surface area is 129 Å². The third kappa shape index (κ3) is 4.86. The van der Waals surface area contributed by atoms with Crippen LogP contribution in [0.15, 0.2) is 18.2 Å². The molecular formula is C15H21ClFNO3. The van der Waals surface area contributed by atoms with E-state index in [9.17, 15) is 14.3 Å². The van der Waals surface area contributed by atoms with Crippen LogP contribution in [0.5, 0.6) is 0 Å². The first-order valence-electron chi connectivity index (χ1n) is 6.57. The van der Waals surface area contributed by atoms with Crippen LogP contribution in [0, 0.1) is 5.82 Å². The first-order chi connectivity index (χ1) is 9.44. The summed E-state index contributed by atoms with van der Waals surface area (Å²) in [7, 11) is 0. The topological polar surface area (TPSA) is 58.6 Å². The van der Waals surface area contributed by atoms with Crippen molar-refractivity contribution in [2.45, 2.75) is 51.9 Å². The molecule has 0 unspecified atom stereocenters. The van der Waals surface area contributed by atoms with E-state index in [1.165, 1.54) is 18.2 Å². The molecule has 6 heteroatoms. The van der Waals surface area contributed by atoms with Crippen molar-refractivity contribution in [3.8, 4) is 0 Å². The predicted molar refractivity (Wildman–Crippen MR) is 79.8 cm³/mol. The second-order valence-electron chi connectivity index (χ2n) is 6.39. The van der Waals surface area contributed by atoms with Gasteiger partial charge in [0, 0.05) is 5.56 Å². The van der Waals surface area contributed by atoms with E-state index in [0.717, 1.165) is 0 Å². The Kier molecular flexibility index (Phi) is 5.23. The lowest BCUT2D eigenvalue weighted by Gasteiger charge is -2.33. The molecular weight excluding hydrogens is 297 g/mol. The lowest BCUT2D eigenvalue weighted by atomic mass is 9.91. The van der Waals surface area contributed by atoms with Gasteiger partial charge in [-0.05, 0) is 40.7 Å². The number of benzene rings is 1. The second-order valence-corrected chi connectivity index (χ2v) is 6.80. The standard InChI is InChI=1S/C15H21ClFNO3/c1-14(2,3)21-13(20)18-15(4,5)12(19)9-7-6-8-10(16)11(9)17/h6-8,12,19H,1-5H3,(H,18,20)/t12-/m1/s1. The number of aliphatic hydroxyl groups excluding tert-OH is 1. The molecule has 2 N–H and O–H groups in total. The van der Waals surface area contributed by atoms with Gasteiger partial charge in [-0.15, -0.1) is 0 Å². The molecule has 0 saturated carbocycles. The normalized spacial score (nSPS) is 13.7. The van der Waals surface area contributed by atoms with Crippen LogP contribution in [-0.4, -0.2) is 22.3 Å². The van der Waals surface area contributed by atoms with E-state index in [1.807, 2.05) is 0 Å². The van der Waals surface area contributed by atoms with Crippen LogP contribution in [0.25, 0.3) is 0 Å². The highest BCUT2D eigenvalue weighted by Gasteiger charge is 2.34. The summed E-state index contributed by atoms with van der Waals surface area (Å²) in [4.78, 5) is 11.8. The number of carbonyl (C=O) groups is 1. The van der Waals surface area contributed by atoms with Crippen LogP contribution in [0.3, 0.4) is 0 Å². The lowest BCUT2D eigenvalue weighted by molar-refractivity contribution is 0.0283. The Morgan fingerprint density at radius 3 is 2.43 bits per heavy atom. The average molecular weight is 318 g/mol. The molecule has 1 atom stereocenters. The zero-order chi connectivity index (χ0) is 16.4. The highest BCUT2D eigenvalue weighted by Crippen LogP contribution is 2.30. The minimum absolute atomic E-state index is 0.0172. The van der Waals surface area contributed by atoms with Crippen LogP contribution < -0.4 is 5.32 Å². The largest absolute Gasteiger partial charge is 0.444 e. The van der Waals surface area contributed by atoms with Crippen molar-refractivity contribution < 1.29 is 19.0 Å². The van der Waals surface area contributed by atoms with Crippen molar-refractivity contribution in [2.75, 3.05) is 0 Å². The van der Waals surface area contributed by atoms with Crippen LogP contribution in [0.1, 0.15) is 46.3 Å². The number of ether oxygens (including phenoxy) is 1. The molecule has 0 radical (unpaired) electrons. The summed E-state index contributed by atoms with van der Waals surface area (Å²) in [6, 6.07) is 4.35. The van der Waals surface area contributed by atoms with Gasteiger partial charge in [0.15, 0.2) is 0 Å². The monoisotopic (exact) mass is 317 g/mol. The second kappa shape index (κ2) is 6.20. The Morgan fingerprint density at radius 1 is 1.33 bits per heavy atom. The minimum atomic E-state index is -1.27. The molecule has 0 fully saturated rings. The van der Waals surface area contributed by atoms with Gasteiger partial charge in [-0.3, -0.25) is 0 Å². The third-order valence-electron chi connectivity index (χ3n) is 2.78. The molecule has 21 heavy (non-hydrogen) atoms. The zero-order valence-corrected chi connectivity index (χ0v) is 13.6. The van der Waals surface area contributed by atoms with Crippen molar-refractivity contribution in [1.29, 1.82) is 0 Å². The van der Waals surface area contributed by atoms with Gasteiger partial charge in [-0.2, -0.15) is 0 Å². The number of aliphatic hydroxyl groups is 1. The van der Waals surface area contributed by atoms with Crippen LogP contribution >= 0.6 is 11.6 Å². The van der Waals surface area contributed by atoms with E-state index in [4.69, 9.17) is 16.3 Å². The Balaban J connectivity index is 2.91. The molecule has 0 saturated heterocycles. The van der Waals surface area contributed by atoms with Gasteiger partial charge < -0.3 is 15.2 Å². The van der Waals surface area contributed by atoms with E-state index in [1.54, 1.807) is 34.6 Å². The molecule has 1 amide bonds. The third-order valence-corrected chi connectivity index (χ3v) is 3.07. The number of halogens is 2. The number of alkyl carbamates (subject to hydrolysis) is 1. The summed E-state index contributed by atoms with van der Waals surface area (Å²) in [5.41, 5.74) is -1.77. The van der Waals surface area contributed by atoms with E-state index >= 15 is 0 Å². The number of nitrogens with one attached hydrogen (secondary N) is 1. The lowest BCUT2D eigenvalue weighted by Crippen LogP contribution is -2.49. The molecule has 0 heterocycles. The van der Waals surface area contributed by atoms with Gasteiger partial charge in [0.2, 0.25) is 0 Å². The summed E-state index contributed by atoms with van der Waals surface area (Å²) in [5.74, 6) is -0.703. The summed E-state index contributed by atoms with van der Waals surface area (Å²) < 4.78 is 19.1. The van der Waals surface area contributed by atoms with E-state index in [-0.39, 0.29) is 10.6 Å². The molecule has 0 bridgehead atoms. The Bertz CT molecular complexity index is 526. The molecule has 1 aromatic carbocycles. The minimum Gasteiger partial charge on any atom is -0.444 e. The molecule has 0 aliphatic heterocycles. The molecule has 1 rings (SSSR count). The maximum absolute atomic E-state index is 14.0. The highest BCUT2D eigenvalue weighted by atomic mass is 35.5. The fourth-order valence-electron chi connectivity index (χ4n) is 1.76. The van der Waals surface area contributed by atoms with Crippen molar-refractivity contribution in [1.82, 2.24) is 5.32 Å². The first-order valence-corrected chi connectivity index (χ1v) is 6.95. The van der Waals surface area contributed by atoms with Gasteiger partial charge in [-0.1, -0.05) is 23.7 Å². The first kappa shape index (κ1) is 17.7. The molecule has 0 aliphatic rings. The molecule has 118 valence electrons. The Hall–Kier alpha value is -1.33. The molecule has 4 nitrogen and oxygen atoms in total. The number of rotatable bonds is 3. The van der Waals surface area contributed by atoms with Crippen LogP contribution in [0.2, 0.25) is 5.02 Å². The van der Waals surface area contributed by atoms with Crippen LogP contribution in [-0.2, 0) is 4.74 Å². The summed E-state index contributed by atoms with van der Waals surface area (Å²) in [5, 5.41) is 12.8. The van der Waals surface area contributed by atoms with Gasteiger partial charge in [0.05, 0.1) is 10.6 Å². The summed E-state index contributed by atoms with van der Waals surface area (Å²) >= 11 is 5.70. The van der Waals surface area contributed by atoms with E-state index in [2.05, 4.69) is 5.32 Å². The fraction of sp³-hybridized carbons (Fsp3) is 0.533. The SMILES string of the molecule is CC(C)(C)OC(=O)NC(C)(C)[C@H](O)c1cccc(Cl)c1F. The van der Waals surface area contributed by atoms with Crippen molar-refractivity contribution in [2.24, 2.45) is 0 Å². The Morgan fingerprint density at radius 2 is 1.90 bits per heavy atom. The smallest absolute Gasteiger partial charge is 0.408 e. The van der Waals surface area contributed by atoms with Crippen molar-refractivity contribution in [3.05, 3.63) is 34.6 Å². The number of hydrogen-bond donors (Lipinski definition) is 2. The fourth-order valence-corrected chi connectivity index (χ4v) is 1.94. The summed E-state index contributed by atoms with van der Waals surface area (Å²) in [6.07, 6.45) is -1.96. The van der Waals surface area contributed by atoms with Crippen molar-refractivity contribution in [3.63, 3.8) is 0 Å². The number of hydrogen-bond acceptors (Lipinski definition) is 3. The van der Waals surface area contributed by atoms with E-state index < -0.39 is 29.2 Å². The van der Waals surface area contributed by atoms with Gasteiger partial charge in [-0.25, -0.2) is 9.18 Å². The number of carbonyl (C=O) groups excluding carboxylic acids is 1. The van der Waals surface area contributed by atoms with Crippen molar-refractivity contribution >= 4 is 17.7 Å². The summed E-state index contributed by atoms with van der Waals surface area (Å²) in [6.45, 7) is 8.33. The molecule has 1 aromatic rings. The number of amides is 1. The van der Waals surface area contributed by atoms with E-state index in [0.29, 0.717) is 0 Å². The molecule has 0 spiro atoms. The molecule has 0 aliphatic carbocycles. The van der Waals surface area contributed by atoms with Gasteiger partial charge in [0.1, 0.15) is 17.5 Å². The van der Waals surface area contributed by atoms with Gasteiger partial charge >= 0.3 is 6.09 Å². The predicted octanol–water partition coefficient (Wildman–Crippen LogP) is 3.82. The average Bonchev–Trinajstić information content (AvgIpc) is 2.28. The van der Waals surface area contributed by atoms with Crippen LogP contribution in [0.4, 0.5) is 9.18 Å². The molecule has 0 aromatic heterocycles. The zero-order valence-electron chi connectivity index (χ0n) is 12.8. The highest BCUT2D eigenvalue weighted by molar-refractivity contribution is 6.30. The maximum atomic E-state index is 14.0.